The first-order valence-corrected chi connectivity index (χ1v) is 8.62. The van der Waals surface area contributed by atoms with Gasteiger partial charge in [-0.05, 0) is 37.0 Å². The van der Waals surface area contributed by atoms with Crippen molar-refractivity contribution in [2.75, 3.05) is 13.2 Å². The molecule has 130 valence electrons. The number of primary amides is 1. The molecule has 23 heavy (non-hydrogen) atoms. The standard InChI is InChI=1S/C13H18ClN3O4S.ClH/c14-9-3-4-11(21-7-13(16)18)12(5-9)22(19,20)17-10(6-15)8-1-2-8;/h3-5,8,10,17H,1-2,6-7,15H2,(H2,16,18);1H. The Hall–Kier alpha value is -1.06. The van der Waals surface area contributed by atoms with Gasteiger partial charge in [-0.1, -0.05) is 11.6 Å². The van der Waals surface area contributed by atoms with E-state index in [0.29, 0.717) is 0 Å². The van der Waals surface area contributed by atoms with Crippen LogP contribution in [0.15, 0.2) is 23.1 Å². The molecule has 0 aromatic heterocycles. The lowest BCUT2D eigenvalue weighted by Gasteiger charge is -2.18. The Morgan fingerprint density at radius 1 is 1.43 bits per heavy atom. The van der Waals surface area contributed by atoms with Gasteiger partial charge in [-0.25, -0.2) is 13.1 Å². The average Bonchev–Trinajstić information content (AvgIpc) is 3.27. The van der Waals surface area contributed by atoms with E-state index < -0.39 is 22.5 Å². The highest BCUT2D eigenvalue weighted by atomic mass is 35.5. The van der Waals surface area contributed by atoms with Gasteiger partial charge in [0.15, 0.2) is 6.61 Å². The number of nitrogens with one attached hydrogen (secondary N) is 1. The molecule has 0 bridgehead atoms. The van der Waals surface area contributed by atoms with Crippen LogP contribution in [0.2, 0.25) is 5.02 Å². The molecule has 0 aliphatic heterocycles. The summed E-state index contributed by atoms with van der Waals surface area (Å²) < 4.78 is 32.8. The van der Waals surface area contributed by atoms with Gasteiger partial charge in [-0.15, -0.1) is 12.4 Å². The predicted molar refractivity (Wildman–Crippen MR) is 89.3 cm³/mol. The summed E-state index contributed by atoms with van der Waals surface area (Å²) in [5, 5.41) is 0.238. The van der Waals surface area contributed by atoms with Crippen molar-refractivity contribution in [2.24, 2.45) is 17.4 Å². The topological polar surface area (TPSA) is 125 Å². The average molecular weight is 384 g/mol. The van der Waals surface area contributed by atoms with Gasteiger partial charge in [0.2, 0.25) is 10.0 Å². The van der Waals surface area contributed by atoms with Gasteiger partial charge >= 0.3 is 0 Å². The number of carbonyl (C=O) groups excluding carboxylic acids is 1. The molecule has 0 radical (unpaired) electrons. The smallest absolute Gasteiger partial charge is 0.255 e. The number of carbonyl (C=O) groups is 1. The first-order valence-electron chi connectivity index (χ1n) is 6.76. The van der Waals surface area contributed by atoms with Crippen LogP contribution in [0.4, 0.5) is 0 Å². The summed E-state index contributed by atoms with van der Waals surface area (Å²) >= 11 is 5.87. The number of ether oxygens (including phenoxy) is 1. The Balaban J connectivity index is 0.00000264. The second-order valence-corrected chi connectivity index (χ2v) is 7.27. The lowest BCUT2D eigenvalue weighted by atomic mass is 10.2. The predicted octanol–water partition coefficient (Wildman–Crippen LogP) is 0.642. The van der Waals surface area contributed by atoms with Crippen molar-refractivity contribution in [1.82, 2.24) is 4.72 Å². The molecule has 1 aliphatic carbocycles. The van der Waals surface area contributed by atoms with Crippen molar-refractivity contribution in [2.45, 2.75) is 23.8 Å². The third-order valence-electron chi connectivity index (χ3n) is 3.32. The van der Waals surface area contributed by atoms with E-state index in [-0.39, 0.29) is 46.6 Å². The number of rotatable bonds is 8. The number of nitrogens with two attached hydrogens (primary N) is 2. The molecule has 1 aliphatic rings. The van der Waals surface area contributed by atoms with E-state index in [1.54, 1.807) is 0 Å². The van der Waals surface area contributed by atoms with Crippen LogP contribution < -0.4 is 20.9 Å². The minimum absolute atomic E-state index is 0. The van der Waals surface area contributed by atoms with Gasteiger partial charge in [0.25, 0.3) is 5.91 Å². The van der Waals surface area contributed by atoms with Crippen molar-refractivity contribution in [3.8, 4) is 5.75 Å². The molecule has 0 saturated heterocycles. The second-order valence-electron chi connectivity index (χ2n) is 5.15. The van der Waals surface area contributed by atoms with Crippen molar-refractivity contribution >= 4 is 39.9 Å². The normalized spacial score (nSPS) is 15.6. The summed E-state index contributed by atoms with van der Waals surface area (Å²) in [5.41, 5.74) is 10.6. The Kier molecular flexibility index (Phi) is 7.09. The maximum atomic E-state index is 12.5. The van der Waals surface area contributed by atoms with Gasteiger partial charge in [0, 0.05) is 17.6 Å². The molecule has 1 fully saturated rings. The zero-order valence-electron chi connectivity index (χ0n) is 12.2. The van der Waals surface area contributed by atoms with Crippen molar-refractivity contribution in [3.05, 3.63) is 23.2 Å². The van der Waals surface area contributed by atoms with Crippen LogP contribution in [0.1, 0.15) is 12.8 Å². The minimum Gasteiger partial charge on any atom is -0.482 e. The molecule has 10 heteroatoms. The summed E-state index contributed by atoms with van der Waals surface area (Å²) in [6.07, 6.45) is 1.90. The van der Waals surface area contributed by atoms with Crippen LogP contribution in [0.25, 0.3) is 0 Å². The fourth-order valence-corrected chi connectivity index (χ4v) is 3.78. The summed E-state index contributed by atoms with van der Waals surface area (Å²) in [7, 11) is -3.87. The van der Waals surface area contributed by atoms with E-state index in [9.17, 15) is 13.2 Å². The van der Waals surface area contributed by atoms with E-state index in [0.717, 1.165) is 12.8 Å². The third-order valence-corrected chi connectivity index (χ3v) is 5.06. The maximum Gasteiger partial charge on any atom is 0.255 e. The van der Waals surface area contributed by atoms with Crippen molar-refractivity contribution in [1.29, 1.82) is 0 Å². The Morgan fingerprint density at radius 2 is 2.09 bits per heavy atom. The molecule has 1 atom stereocenters. The molecule has 1 unspecified atom stereocenters. The Bertz CT molecular complexity index is 665. The lowest BCUT2D eigenvalue weighted by Crippen LogP contribution is -2.41. The van der Waals surface area contributed by atoms with Gasteiger partial charge < -0.3 is 16.2 Å². The van der Waals surface area contributed by atoms with Crippen LogP contribution in [0.5, 0.6) is 5.75 Å². The molecular formula is C13H19Cl2N3O4S. The van der Waals surface area contributed by atoms with Gasteiger partial charge in [0.05, 0.1) is 0 Å². The number of sulfonamides is 1. The number of halogens is 2. The lowest BCUT2D eigenvalue weighted by molar-refractivity contribution is -0.120. The van der Waals surface area contributed by atoms with Crippen molar-refractivity contribution < 1.29 is 17.9 Å². The van der Waals surface area contributed by atoms with E-state index in [4.69, 9.17) is 27.8 Å². The first-order chi connectivity index (χ1) is 10.3. The van der Waals surface area contributed by atoms with Gasteiger partial charge in [-0.3, -0.25) is 4.79 Å². The monoisotopic (exact) mass is 383 g/mol. The van der Waals surface area contributed by atoms with Crippen LogP contribution in [0.3, 0.4) is 0 Å². The van der Waals surface area contributed by atoms with Gasteiger partial charge in [0.1, 0.15) is 10.6 Å². The fraction of sp³-hybridized carbons (Fsp3) is 0.462. The molecule has 1 saturated carbocycles. The number of hydrogen-bond donors (Lipinski definition) is 3. The zero-order chi connectivity index (χ0) is 16.3. The highest BCUT2D eigenvalue weighted by molar-refractivity contribution is 7.89. The summed E-state index contributed by atoms with van der Waals surface area (Å²) in [6.45, 7) is -0.213. The number of amides is 1. The first kappa shape index (κ1) is 20.0. The third kappa shape index (κ3) is 5.50. The quantitative estimate of drug-likeness (QED) is 0.607. The van der Waals surface area contributed by atoms with E-state index >= 15 is 0 Å². The molecule has 2 rings (SSSR count). The van der Waals surface area contributed by atoms with Crippen LogP contribution >= 0.6 is 24.0 Å². The van der Waals surface area contributed by atoms with Crippen molar-refractivity contribution in [3.63, 3.8) is 0 Å². The maximum absolute atomic E-state index is 12.5. The van der Waals surface area contributed by atoms with Gasteiger partial charge in [-0.2, -0.15) is 0 Å². The van der Waals surface area contributed by atoms with E-state index in [1.165, 1.54) is 18.2 Å². The minimum atomic E-state index is -3.87. The van der Waals surface area contributed by atoms with E-state index in [1.807, 2.05) is 0 Å². The number of benzene rings is 1. The SMILES string of the molecule is Cl.NCC(NS(=O)(=O)c1cc(Cl)ccc1OCC(N)=O)C1CC1. The van der Waals surface area contributed by atoms with E-state index in [2.05, 4.69) is 4.72 Å². The Morgan fingerprint density at radius 3 is 2.61 bits per heavy atom. The fourth-order valence-electron chi connectivity index (χ4n) is 2.06. The molecule has 0 spiro atoms. The summed E-state index contributed by atoms with van der Waals surface area (Å²) in [5.74, 6) is -0.430. The molecule has 1 aromatic rings. The highest BCUT2D eigenvalue weighted by Crippen LogP contribution is 2.34. The Labute approximate surface area is 146 Å². The number of hydrogen-bond acceptors (Lipinski definition) is 5. The zero-order valence-corrected chi connectivity index (χ0v) is 14.6. The summed E-state index contributed by atoms with van der Waals surface area (Å²) in [6, 6.07) is 3.79. The van der Waals surface area contributed by atoms with Crippen LogP contribution in [-0.4, -0.2) is 33.5 Å². The molecule has 7 nitrogen and oxygen atoms in total. The molecule has 0 heterocycles. The summed E-state index contributed by atoms with van der Waals surface area (Å²) in [4.78, 5) is 10.7. The largest absolute Gasteiger partial charge is 0.482 e. The molecule has 1 aromatic carbocycles. The highest BCUT2D eigenvalue weighted by Gasteiger charge is 2.34. The van der Waals surface area contributed by atoms with Crippen LogP contribution in [0, 0.1) is 5.92 Å². The molecule has 5 N–H and O–H groups in total. The van der Waals surface area contributed by atoms with Crippen LogP contribution in [-0.2, 0) is 14.8 Å². The second kappa shape index (κ2) is 8.16. The molecule has 1 amide bonds. The molecular weight excluding hydrogens is 365 g/mol.